The van der Waals surface area contributed by atoms with Crippen LogP contribution in [-0.2, 0) is 11.8 Å². The quantitative estimate of drug-likeness (QED) is 0.713. The van der Waals surface area contributed by atoms with Gasteiger partial charge in [0.05, 0.1) is 0 Å². The van der Waals surface area contributed by atoms with Crippen LogP contribution in [0.1, 0.15) is 11.1 Å². The van der Waals surface area contributed by atoms with E-state index < -0.39 is 0 Å². The summed E-state index contributed by atoms with van der Waals surface area (Å²) in [6.45, 7) is 0. The molecule has 2 aromatic carbocycles. The van der Waals surface area contributed by atoms with E-state index in [9.17, 15) is 9.50 Å². The van der Waals surface area contributed by atoms with Crippen LogP contribution in [0.4, 0.5) is 4.39 Å². The van der Waals surface area contributed by atoms with Crippen molar-refractivity contribution >= 4 is 31.9 Å². The minimum Gasteiger partial charge on any atom is -0.508 e. The van der Waals surface area contributed by atoms with E-state index in [0.717, 1.165) is 28.2 Å². The van der Waals surface area contributed by atoms with Gasteiger partial charge in [-0.2, -0.15) is 0 Å². The fourth-order valence-corrected chi connectivity index (χ4v) is 4.17. The first-order valence-electron chi connectivity index (χ1n) is 6.25. The van der Waals surface area contributed by atoms with Gasteiger partial charge in [-0.25, -0.2) is 4.39 Å². The van der Waals surface area contributed by atoms with Crippen molar-refractivity contribution in [1.82, 2.24) is 0 Å². The highest BCUT2D eigenvalue weighted by atomic mass is 79.9. The first-order chi connectivity index (χ1) is 9.59. The molecule has 0 atom stereocenters. The minimum absolute atomic E-state index is 0.148. The van der Waals surface area contributed by atoms with Crippen LogP contribution in [0, 0.1) is 5.82 Å². The van der Waals surface area contributed by atoms with Crippen molar-refractivity contribution in [2.75, 3.05) is 10.7 Å². The summed E-state index contributed by atoms with van der Waals surface area (Å²) in [4.78, 5) is 0. The molecule has 0 unspecified atom stereocenters. The molecule has 0 amide bonds. The molecule has 1 N–H and O–H groups in total. The maximum Gasteiger partial charge on any atom is 0.123 e. The van der Waals surface area contributed by atoms with Gasteiger partial charge in [-0.05, 0) is 41.8 Å². The average Bonchev–Trinajstić information content (AvgIpc) is 2.48. The Balaban J connectivity index is 2.33. The number of rotatable bonds is 5. The topological polar surface area (TPSA) is 20.2 Å². The van der Waals surface area contributed by atoms with Crippen LogP contribution in [0.2, 0.25) is 0 Å². The summed E-state index contributed by atoms with van der Waals surface area (Å²) in [6.07, 6.45) is 0.801. The Morgan fingerprint density at radius 1 is 0.900 bits per heavy atom. The van der Waals surface area contributed by atoms with Crippen molar-refractivity contribution in [2.24, 2.45) is 0 Å². The van der Waals surface area contributed by atoms with Crippen molar-refractivity contribution in [3.05, 3.63) is 65.5 Å². The lowest BCUT2D eigenvalue weighted by atomic mass is 9.79. The summed E-state index contributed by atoms with van der Waals surface area (Å²) in [5.74, 6) is 0.0373. The monoisotopic (exact) mass is 400 g/mol. The number of hydrogen-bond acceptors (Lipinski definition) is 1. The number of alkyl halides is 2. The molecule has 2 aromatic rings. The van der Waals surface area contributed by atoms with Crippen LogP contribution >= 0.6 is 31.9 Å². The van der Waals surface area contributed by atoms with Crippen molar-refractivity contribution in [3.63, 3.8) is 0 Å². The van der Waals surface area contributed by atoms with Gasteiger partial charge in [-0.3, -0.25) is 0 Å². The normalized spacial score (nSPS) is 11.6. The molecule has 0 aromatic heterocycles. The van der Waals surface area contributed by atoms with E-state index in [2.05, 4.69) is 31.9 Å². The van der Waals surface area contributed by atoms with Crippen LogP contribution in [0.25, 0.3) is 0 Å². The molecule has 0 aliphatic rings. The molecule has 0 radical (unpaired) electrons. The molecule has 0 heterocycles. The number of hydrogen-bond donors (Lipinski definition) is 1. The average molecular weight is 402 g/mol. The molecule has 106 valence electrons. The maximum atomic E-state index is 13.1. The molecule has 4 heteroatoms. The summed E-state index contributed by atoms with van der Waals surface area (Å²) in [6, 6.07) is 13.9. The summed E-state index contributed by atoms with van der Waals surface area (Å²) >= 11 is 7.17. The van der Waals surface area contributed by atoms with E-state index in [1.54, 1.807) is 12.1 Å². The zero-order chi connectivity index (χ0) is 14.6. The highest BCUT2D eigenvalue weighted by Crippen LogP contribution is 2.33. The first-order valence-corrected chi connectivity index (χ1v) is 8.50. The first kappa shape index (κ1) is 15.5. The van der Waals surface area contributed by atoms with Gasteiger partial charge in [0.1, 0.15) is 11.6 Å². The van der Waals surface area contributed by atoms with Gasteiger partial charge in [-0.1, -0.05) is 56.1 Å². The van der Waals surface area contributed by atoms with Crippen molar-refractivity contribution in [2.45, 2.75) is 11.8 Å². The molecule has 0 aliphatic heterocycles. The van der Waals surface area contributed by atoms with E-state index in [-0.39, 0.29) is 17.0 Å². The Morgan fingerprint density at radius 2 is 1.45 bits per heavy atom. The number of phenolic OH excluding ortho intramolecular Hbond substituents is 1. The van der Waals surface area contributed by atoms with Crippen molar-refractivity contribution in [1.29, 1.82) is 0 Å². The smallest absolute Gasteiger partial charge is 0.123 e. The van der Waals surface area contributed by atoms with E-state index in [4.69, 9.17) is 0 Å². The van der Waals surface area contributed by atoms with Gasteiger partial charge in [0.2, 0.25) is 0 Å². The zero-order valence-electron chi connectivity index (χ0n) is 10.8. The molecular weight excluding hydrogens is 387 g/mol. The van der Waals surface area contributed by atoms with Crippen LogP contribution in [0.15, 0.2) is 48.5 Å². The van der Waals surface area contributed by atoms with Gasteiger partial charge >= 0.3 is 0 Å². The van der Waals surface area contributed by atoms with Gasteiger partial charge in [0, 0.05) is 16.1 Å². The number of aromatic hydroxyl groups is 1. The third-order valence-electron chi connectivity index (χ3n) is 3.45. The summed E-state index contributed by atoms with van der Waals surface area (Å²) in [5, 5.41) is 10.9. The zero-order valence-corrected chi connectivity index (χ0v) is 14.0. The Hall–Kier alpha value is -0.870. The highest BCUT2D eigenvalue weighted by Gasteiger charge is 2.30. The lowest BCUT2D eigenvalue weighted by Crippen LogP contribution is -2.33. The molecule has 0 saturated carbocycles. The number of phenols is 1. The maximum absolute atomic E-state index is 13.1. The molecular formula is C16H15Br2FO. The van der Waals surface area contributed by atoms with Crippen LogP contribution in [-0.4, -0.2) is 15.8 Å². The molecule has 0 saturated heterocycles. The van der Waals surface area contributed by atoms with Crippen molar-refractivity contribution < 1.29 is 9.50 Å². The Bertz CT molecular complexity index is 548. The molecule has 0 fully saturated rings. The van der Waals surface area contributed by atoms with Gasteiger partial charge < -0.3 is 5.11 Å². The van der Waals surface area contributed by atoms with E-state index in [0.29, 0.717) is 0 Å². The second kappa shape index (κ2) is 6.72. The highest BCUT2D eigenvalue weighted by molar-refractivity contribution is 9.09. The van der Waals surface area contributed by atoms with E-state index in [1.807, 2.05) is 24.3 Å². The van der Waals surface area contributed by atoms with Crippen LogP contribution < -0.4 is 0 Å². The second-order valence-corrected chi connectivity index (χ2v) is 6.02. The molecule has 1 nitrogen and oxygen atoms in total. The Kier molecular flexibility index (Phi) is 5.22. The lowest BCUT2D eigenvalue weighted by Gasteiger charge is -2.31. The molecule has 20 heavy (non-hydrogen) atoms. The SMILES string of the molecule is Oc1ccc(CC(CBr)(CBr)c2ccc(F)cc2)cc1. The summed E-state index contributed by atoms with van der Waals surface area (Å²) in [5.41, 5.74) is 2.07. The second-order valence-electron chi connectivity index (χ2n) is 4.90. The van der Waals surface area contributed by atoms with Crippen LogP contribution in [0.3, 0.4) is 0 Å². The number of halogens is 3. The molecule has 2 rings (SSSR count). The fourth-order valence-electron chi connectivity index (χ4n) is 2.19. The predicted octanol–water partition coefficient (Wildman–Crippen LogP) is 4.80. The standard InChI is InChI=1S/C16H15Br2FO/c17-10-16(11-18,13-3-5-14(19)6-4-13)9-12-1-7-15(20)8-2-12/h1-8,20H,9-11H2. The minimum atomic E-state index is -0.226. The van der Waals surface area contributed by atoms with Gasteiger partial charge in [0.15, 0.2) is 0 Å². The third kappa shape index (κ3) is 3.41. The molecule has 0 aliphatic carbocycles. The van der Waals surface area contributed by atoms with Crippen molar-refractivity contribution in [3.8, 4) is 5.75 Å². The lowest BCUT2D eigenvalue weighted by molar-refractivity contribution is 0.474. The molecule has 0 spiro atoms. The van der Waals surface area contributed by atoms with E-state index >= 15 is 0 Å². The number of benzene rings is 2. The van der Waals surface area contributed by atoms with Crippen LogP contribution in [0.5, 0.6) is 5.75 Å². The third-order valence-corrected chi connectivity index (χ3v) is 5.59. The van der Waals surface area contributed by atoms with Gasteiger partial charge in [0.25, 0.3) is 0 Å². The predicted molar refractivity (Wildman–Crippen MR) is 87.5 cm³/mol. The fraction of sp³-hybridized carbons (Fsp3) is 0.250. The van der Waals surface area contributed by atoms with Gasteiger partial charge in [-0.15, -0.1) is 0 Å². The summed E-state index contributed by atoms with van der Waals surface area (Å²) < 4.78 is 13.1. The summed E-state index contributed by atoms with van der Waals surface area (Å²) in [7, 11) is 0. The molecule has 0 bridgehead atoms. The largest absolute Gasteiger partial charge is 0.508 e. The van der Waals surface area contributed by atoms with E-state index in [1.165, 1.54) is 12.1 Å². The Labute approximate surface area is 135 Å². The Morgan fingerprint density at radius 3 is 1.95 bits per heavy atom.